The van der Waals surface area contributed by atoms with Crippen molar-refractivity contribution in [3.63, 3.8) is 0 Å². The standard InChI is InChI=1S/C13H18INOS/c1-9(2)7-17-8-13(16)15-12-5-4-11(14)6-10(12)3/h4-6,9H,7-8H2,1-3H3,(H,15,16). The third kappa shape index (κ3) is 5.77. The van der Waals surface area contributed by atoms with Crippen LogP contribution in [0.2, 0.25) is 0 Å². The van der Waals surface area contributed by atoms with Crippen molar-refractivity contribution in [2.45, 2.75) is 20.8 Å². The molecule has 4 heteroatoms. The van der Waals surface area contributed by atoms with E-state index in [4.69, 9.17) is 0 Å². The summed E-state index contributed by atoms with van der Waals surface area (Å²) < 4.78 is 1.19. The van der Waals surface area contributed by atoms with E-state index in [0.717, 1.165) is 17.0 Å². The maximum Gasteiger partial charge on any atom is 0.234 e. The number of carbonyl (C=O) groups is 1. The molecular weight excluding hydrogens is 345 g/mol. The Bertz CT molecular complexity index is 393. The van der Waals surface area contributed by atoms with E-state index in [2.05, 4.69) is 47.8 Å². The number of thioether (sulfide) groups is 1. The van der Waals surface area contributed by atoms with Crippen molar-refractivity contribution in [3.8, 4) is 0 Å². The fourth-order valence-electron chi connectivity index (χ4n) is 1.34. The number of aryl methyl sites for hydroxylation is 1. The Morgan fingerprint density at radius 2 is 2.18 bits per heavy atom. The molecule has 1 aromatic rings. The fraction of sp³-hybridized carbons (Fsp3) is 0.462. The first-order valence-corrected chi connectivity index (χ1v) is 7.86. The number of benzene rings is 1. The first-order valence-electron chi connectivity index (χ1n) is 5.62. The quantitative estimate of drug-likeness (QED) is 0.804. The van der Waals surface area contributed by atoms with E-state index in [9.17, 15) is 4.79 Å². The van der Waals surface area contributed by atoms with Gasteiger partial charge in [0, 0.05) is 9.26 Å². The molecule has 0 aliphatic rings. The maximum absolute atomic E-state index is 11.7. The van der Waals surface area contributed by atoms with Gasteiger partial charge in [-0.15, -0.1) is 0 Å². The largest absolute Gasteiger partial charge is 0.325 e. The van der Waals surface area contributed by atoms with Gasteiger partial charge in [0.15, 0.2) is 0 Å². The predicted molar refractivity (Wildman–Crippen MR) is 84.7 cm³/mol. The molecule has 0 aromatic heterocycles. The van der Waals surface area contributed by atoms with E-state index in [1.807, 2.05) is 19.1 Å². The first-order chi connectivity index (χ1) is 7.99. The molecule has 1 amide bonds. The molecule has 17 heavy (non-hydrogen) atoms. The molecule has 1 N–H and O–H groups in total. The molecular formula is C13H18INOS. The number of carbonyl (C=O) groups excluding carboxylic acids is 1. The smallest absolute Gasteiger partial charge is 0.234 e. The van der Waals surface area contributed by atoms with Crippen LogP contribution in [0.25, 0.3) is 0 Å². The van der Waals surface area contributed by atoms with Crippen LogP contribution in [0.4, 0.5) is 5.69 Å². The molecule has 0 fully saturated rings. The van der Waals surface area contributed by atoms with Gasteiger partial charge in [-0.1, -0.05) is 13.8 Å². The number of nitrogens with one attached hydrogen (secondary N) is 1. The zero-order valence-electron chi connectivity index (χ0n) is 10.4. The van der Waals surface area contributed by atoms with Gasteiger partial charge in [0.05, 0.1) is 5.75 Å². The molecule has 0 aliphatic carbocycles. The molecule has 0 atom stereocenters. The van der Waals surface area contributed by atoms with Gasteiger partial charge in [-0.25, -0.2) is 0 Å². The van der Waals surface area contributed by atoms with Crippen molar-refractivity contribution in [3.05, 3.63) is 27.3 Å². The fourth-order valence-corrected chi connectivity index (χ4v) is 2.83. The molecule has 94 valence electrons. The number of hydrogen-bond donors (Lipinski definition) is 1. The van der Waals surface area contributed by atoms with Crippen LogP contribution in [-0.4, -0.2) is 17.4 Å². The topological polar surface area (TPSA) is 29.1 Å². The van der Waals surface area contributed by atoms with Crippen LogP contribution in [0, 0.1) is 16.4 Å². The minimum Gasteiger partial charge on any atom is -0.325 e. The molecule has 0 bridgehead atoms. The normalized spacial score (nSPS) is 10.6. The summed E-state index contributed by atoms with van der Waals surface area (Å²) in [5.41, 5.74) is 2.03. The van der Waals surface area contributed by atoms with Crippen molar-refractivity contribution in [2.24, 2.45) is 5.92 Å². The van der Waals surface area contributed by atoms with Crippen LogP contribution >= 0.6 is 34.4 Å². The van der Waals surface area contributed by atoms with Crippen molar-refractivity contribution in [1.29, 1.82) is 0 Å². The highest BCUT2D eigenvalue weighted by molar-refractivity contribution is 14.1. The maximum atomic E-state index is 11.7. The molecule has 1 rings (SSSR count). The number of anilines is 1. The molecule has 2 nitrogen and oxygen atoms in total. The van der Waals surface area contributed by atoms with Crippen molar-refractivity contribution >= 4 is 45.9 Å². The van der Waals surface area contributed by atoms with Gasteiger partial charge in [-0.2, -0.15) is 11.8 Å². The van der Waals surface area contributed by atoms with E-state index in [-0.39, 0.29) is 5.91 Å². The third-order valence-electron chi connectivity index (χ3n) is 2.15. The summed E-state index contributed by atoms with van der Waals surface area (Å²) in [6.07, 6.45) is 0. The third-order valence-corrected chi connectivity index (χ3v) is 4.19. The average molecular weight is 363 g/mol. The highest BCUT2D eigenvalue weighted by atomic mass is 127. The van der Waals surface area contributed by atoms with Crippen molar-refractivity contribution < 1.29 is 4.79 Å². The van der Waals surface area contributed by atoms with Gasteiger partial charge in [-0.3, -0.25) is 4.79 Å². The molecule has 0 radical (unpaired) electrons. The molecule has 0 saturated carbocycles. The highest BCUT2D eigenvalue weighted by Gasteiger charge is 2.05. The lowest BCUT2D eigenvalue weighted by atomic mass is 10.2. The van der Waals surface area contributed by atoms with Gasteiger partial charge in [-0.05, 0) is 64.9 Å². The SMILES string of the molecule is Cc1cc(I)ccc1NC(=O)CSCC(C)C. The Morgan fingerprint density at radius 1 is 1.47 bits per heavy atom. The molecule has 0 spiro atoms. The number of hydrogen-bond acceptors (Lipinski definition) is 2. The first kappa shape index (κ1) is 14.8. The van der Waals surface area contributed by atoms with Crippen LogP contribution in [-0.2, 0) is 4.79 Å². The minimum absolute atomic E-state index is 0.0833. The number of rotatable bonds is 5. The Balaban J connectivity index is 2.45. The lowest BCUT2D eigenvalue weighted by Gasteiger charge is -2.09. The Morgan fingerprint density at radius 3 is 2.76 bits per heavy atom. The second kappa shape index (κ2) is 7.26. The monoisotopic (exact) mass is 363 g/mol. The number of halogens is 1. The Hall–Kier alpha value is -0.230. The van der Waals surface area contributed by atoms with Crippen molar-refractivity contribution in [2.75, 3.05) is 16.8 Å². The lowest BCUT2D eigenvalue weighted by molar-refractivity contribution is -0.113. The Kier molecular flexibility index (Phi) is 6.33. The second-order valence-electron chi connectivity index (χ2n) is 4.42. The van der Waals surface area contributed by atoms with E-state index in [1.165, 1.54) is 3.57 Å². The molecule has 0 aliphatic heterocycles. The van der Waals surface area contributed by atoms with E-state index < -0.39 is 0 Å². The molecule has 0 heterocycles. The summed E-state index contributed by atoms with van der Waals surface area (Å²) >= 11 is 3.95. The summed E-state index contributed by atoms with van der Waals surface area (Å²) in [5.74, 6) is 2.27. The summed E-state index contributed by atoms with van der Waals surface area (Å²) in [4.78, 5) is 11.7. The second-order valence-corrected chi connectivity index (χ2v) is 6.69. The molecule has 1 aromatic carbocycles. The van der Waals surface area contributed by atoms with Crippen LogP contribution < -0.4 is 5.32 Å². The van der Waals surface area contributed by atoms with Crippen molar-refractivity contribution in [1.82, 2.24) is 0 Å². The molecule has 0 unspecified atom stereocenters. The highest BCUT2D eigenvalue weighted by Crippen LogP contribution is 2.18. The van der Waals surface area contributed by atoms with Crippen LogP contribution in [0.3, 0.4) is 0 Å². The average Bonchev–Trinajstić information content (AvgIpc) is 2.21. The van der Waals surface area contributed by atoms with E-state index in [1.54, 1.807) is 11.8 Å². The molecule has 0 saturated heterocycles. The minimum atomic E-state index is 0.0833. The number of amides is 1. The van der Waals surface area contributed by atoms with Gasteiger partial charge < -0.3 is 5.32 Å². The Labute approximate surface area is 121 Å². The van der Waals surface area contributed by atoms with E-state index >= 15 is 0 Å². The van der Waals surface area contributed by atoms with Gasteiger partial charge in [0.25, 0.3) is 0 Å². The summed E-state index contributed by atoms with van der Waals surface area (Å²) in [7, 11) is 0. The van der Waals surface area contributed by atoms with Crippen LogP contribution in [0.5, 0.6) is 0 Å². The van der Waals surface area contributed by atoms with Crippen LogP contribution in [0.1, 0.15) is 19.4 Å². The zero-order chi connectivity index (χ0) is 12.8. The van der Waals surface area contributed by atoms with Crippen LogP contribution in [0.15, 0.2) is 18.2 Å². The summed E-state index contributed by atoms with van der Waals surface area (Å²) in [6.45, 7) is 6.33. The lowest BCUT2D eigenvalue weighted by Crippen LogP contribution is -2.15. The van der Waals surface area contributed by atoms with Gasteiger partial charge in [0.1, 0.15) is 0 Å². The van der Waals surface area contributed by atoms with E-state index in [0.29, 0.717) is 11.7 Å². The van der Waals surface area contributed by atoms with Gasteiger partial charge in [0.2, 0.25) is 5.91 Å². The zero-order valence-corrected chi connectivity index (χ0v) is 13.4. The summed E-state index contributed by atoms with van der Waals surface area (Å²) in [6, 6.07) is 6.03. The summed E-state index contributed by atoms with van der Waals surface area (Å²) in [5, 5.41) is 2.95. The predicted octanol–water partition coefficient (Wildman–Crippen LogP) is 3.93. The van der Waals surface area contributed by atoms with Gasteiger partial charge >= 0.3 is 0 Å².